The third kappa shape index (κ3) is 3.31. The molecule has 1 fully saturated rings. The molecule has 1 aliphatic rings. The Hall–Kier alpha value is -0.840. The average molecular weight is 299 g/mol. The molecule has 0 spiro atoms. The minimum Gasteiger partial charge on any atom is -0.366 e. The molecule has 0 bridgehead atoms. The summed E-state index contributed by atoms with van der Waals surface area (Å²) in [7, 11) is 1.83. The van der Waals surface area contributed by atoms with Gasteiger partial charge < -0.3 is 10.6 Å². The van der Waals surface area contributed by atoms with Crippen LogP contribution in [-0.2, 0) is 0 Å². The Morgan fingerprint density at radius 1 is 1.29 bits per heavy atom. The first-order chi connectivity index (χ1) is 8.19. The summed E-state index contributed by atoms with van der Waals surface area (Å²) in [6.45, 7) is 2.33. The van der Waals surface area contributed by atoms with Crippen molar-refractivity contribution < 1.29 is 0 Å². The number of anilines is 2. The minimum atomic E-state index is 0.544. The number of hydrogen-bond donors (Lipinski definition) is 2. The summed E-state index contributed by atoms with van der Waals surface area (Å²) in [5.74, 6) is 2.42. The third-order valence-corrected chi connectivity index (χ3v) is 3.90. The van der Waals surface area contributed by atoms with Gasteiger partial charge in [-0.25, -0.2) is 4.98 Å². The van der Waals surface area contributed by atoms with Crippen LogP contribution in [0.3, 0.4) is 0 Å². The first-order valence-electron chi connectivity index (χ1n) is 6.16. The molecule has 2 N–H and O–H groups in total. The summed E-state index contributed by atoms with van der Waals surface area (Å²) < 4.78 is 0.926. The average Bonchev–Trinajstić information content (AvgIpc) is 2.35. The lowest BCUT2D eigenvalue weighted by Gasteiger charge is -2.27. The zero-order valence-electron chi connectivity index (χ0n) is 10.3. The van der Waals surface area contributed by atoms with Gasteiger partial charge in [0.1, 0.15) is 5.82 Å². The number of aromatic nitrogens is 2. The topological polar surface area (TPSA) is 49.8 Å². The standard InChI is InChI=1S/C12H19BrN4/c1-8-3-5-9(6-4-8)16-11-10(13)7-15-12(14-2)17-11/h7-9H,3-6H2,1-2H3,(H2,14,15,16,17). The highest BCUT2D eigenvalue weighted by atomic mass is 79.9. The van der Waals surface area contributed by atoms with Gasteiger partial charge in [-0.3, -0.25) is 0 Å². The predicted molar refractivity (Wildman–Crippen MR) is 74.3 cm³/mol. The van der Waals surface area contributed by atoms with E-state index < -0.39 is 0 Å². The van der Waals surface area contributed by atoms with E-state index in [1.54, 1.807) is 6.20 Å². The van der Waals surface area contributed by atoms with Crippen LogP contribution in [0, 0.1) is 5.92 Å². The van der Waals surface area contributed by atoms with Gasteiger partial charge in [-0.1, -0.05) is 6.92 Å². The smallest absolute Gasteiger partial charge is 0.224 e. The van der Waals surface area contributed by atoms with Gasteiger partial charge in [-0.2, -0.15) is 4.98 Å². The molecule has 1 saturated carbocycles. The van der Waals surface area contributed by atoms with Gasteiger partial charge >= 0.3 is 0 Å². The van der Waals surface area contributed by atoms with Crippen LogP contribution < -0.4 is 10.6 Å². The highest BCUT2D eigenvalue weighted by Gasteiger charge is 2.19. The summed E-state index contributed by atoms with van der Waals surface area (Å²) in [5, 5.41) is 6.46. The van der Waals surface area contributed by atoms with Crippen molar-refractivity contribution in [2.45, 2.75) is 38.6 Å². The maximum atomic E-state index is 4.42. The summed E-state index contributed by atoms with van der Waals surface area (Å²) in [4.78, 5) is 8.58. The molecule has 17 heavy (non-hydrogen) atoms. The number of nitrogens with one attached hydrogen (secondary N) is 2. The number of hydrogen-bond acceptors (Lipinski definition) is 4. The van der Waals surface area contributed by atoms with Crippen molar-refractivity contribution in [2.75, 3.05) is 17.7 Å². The first-order valence-corrected chi connectivity index (χ1v) is 6.95. The van der Waals surface area contributed by atoms with Crippen molar-refractivity contribution in [3.05, 3.63) is 10.7 Å². The molecule has 0 amide bonds. The van der Waals surface area contributed by atoms with Crippen molar-refractivity contribution in [1.29, 1.82) is 0 Å². The van der Waals surface area contributed by atoms with E-state index in [4.69, 9.17) is 0 Å². The number of rotatable bonds is 3. The fraction of sp³-hybridized carbons (Fsp3) is 0.667. The molecular formula is C12H19BrN4. The number of halogens is 1. The van der Waals surface area contributed by atoms with Crippen molar-refractivity contribution in [2.24, 2.45) is 5.92 Å². The monoisotopic (exact) mass is 298 g/mol. The zero-order chi connectivity index (χ0) is 12.3. The Bertz CT molecular complexity index is 375. The van der Waals surface area contributed by atoms with E-state index in [9.17, 15) is 0 Å². The molecule has 0 saturated heterocycles. The second-order valence-corrected chi connectivity index (χ2v) is 5.60. The molecule has 94 valence electrons. The summed E-state index contributed by atoms with van der Waals surface area (Å²) in [6, 6.07) is 0.544. The zero-order valence-corrected chi connectivity index (χ0v) is 11.9. The maximum Gasteiger partial charge on any atom is 0.224 e. The van der Waals surface area contributed by atoms with Crippen LogP contribution in [0.25, 0.3) is 0 Å². The molecule has 1 heterocycles. The highest BCUT2D eigenvalue weighted by molar-refractivity contribution is 9.10. The van der Waals surface area contributed by atoms with Gasteiger partial charge in [0.15, 0.2) is 0 Å². The van der Waals surface area contributed by atoms with Gasteiger partial charge in [0.05, 0.1) is 4.47 Å². The second-order valence-electron chi connectivity index (χ2n) is 4.74. The lowest BCUT2D eigenvalue weighted by atomic mass is 9.87. The van der Waals surface area contributed by atoms with Crippen LogP contribution >= 0.6 is 15.9 Å². The van der Waals surface area contributed by atoms with Crippen molar-refractivity contribution in [1.82, 2.24) is 9.97 Å². The van der Waals surface area contributed by atoms with Crippen LogP contribution in [0.4, 0.5) is 11.8 Å². The Kier molecular flexibility index (Phi) is 4.20. The Morgan fingerprint density at radius 2 is 2.00 bits per heavy atom. The lowest BCUT2D eigenvalue weighted by Crippen LogP contribution is -2.26. The lowest BCUT2D eigenvalue weighted by molar-refractivity contribution is 0.360. The molecule has 5 heteroatoms. The Balaban J connectivity index is 2.02. The summed E-state index contributed by atoms with van der Waals surface area (Å²) in [5.41, 5.74) is 0. The molecule has 1 aromatic rings. The van der Waals surface area contributed by atoms with Crippen LogP contribution in [-0.4, -0.2) is 23.1 Å². The normalized spacial score (nSPS) is 24.4. The van der Waals surface area contributed by atoms with E-state index in [0.29, 0.717) is 12.0 Å². The molecule has 0 radical (unpaired) electrons. The van der Waals surface area contributed by atoms with E-state index in [0.717, 1.165) is 16.2 Å². The minimum absolute atomic E-state index is 0.544. The van der Waals surface area contributed by atoms with Crippen molar-refractivity contribution in [3.8, 4) is 0 Å². The Labute approximate surface area is 111 Å². The molecule has 1 aromatic heterocycles. The largest absolute Gasteiger partial charge is 0.366 e. The van der Waals surface area contributed by atoms with E-state index in [1.807, 2.05) is 7.05 Å². The third-order valence-electron chi connectivity index (χ3n) is 3.32. The molecule has 0 aliphatic heterocycles. The molecule has 2 rings (SSSR count). The Morgan fingerprint density at radius 3 is 2.65 bits per heavy atom. The number of nitrogens with zero attached hydrogens (tertiary/aromatic N) is 2. The van der Waals surface area contributed by atoms with E-state index in [2.05, 4.69) is 43.5 Å². The van der Waals surface area contributed by atoms with Gasteiger partial charge in [-0.15, -0.1) is 0 Å². The molecule has 0 aromatic carbocycles. The predicted octanol–water partition coefficient (Wildman–Crippen LogP) is 3.27. The second kappa shape index (κ2) is 5.67. The fourth-order valence-electron chi connectivity index (χ4n) is 2.19. The molecule has 0 atom stereocenters. The van der Waals surface area contributed by atoms with Crippen molar-refractivity contribution in [3.63, 3.8) is 0 Å². The molecule has 0 unspecified atom stereocenters. The van der Waals surface area contributed by atoms with E-state index in [-0.39, 0.29) is 0 Å². The van der Waals surface area contributed by atoms with Crippen LogP contribution in [0.15, 0.2) is 10.7 Å². The van der Waals surface area contributed by atoms with Crippen molar-refractivity contribution >= 4 is 27.7 Å². The van der Waals surface area contributed by atoms with Crippen LogP contribution in [0.1, 0.15) is 32.6 Å². The van der Waals surface area contributed by atoms with E-state index in [1.165, 1.54) is 25.7 Å². The van der Waals surface area contributed by atoms with Gasteiger partial charge in [-0.05, 0) is 47.5 Å². The van der Waals surface area contributed by atoms with Gasteiger partial charge in [0.2, 0.25) is 5.95 Å². The molecular weight excluding hydrogens is 280 g/mol. The molecule has 4 nitrogen and oxygen atoms in total. The van der Waals surface area contributed by atoms with Gasteiger partial charge in [0.25, 0.3) is 0 Å². The summed E-state index contributed by atoms with van der Waals surface area (Å²) in [6.07, 6.45) is 6.85. The van der Waals surface area contributed by atoms with E-state index >= 15 is 0 Å². The fourth-order valence-corrected chi connectivity index (χ4v) is 2.49. The van der Waals surface area contributed by atoms with Crippen LogP contribution in [0.5, 0.6) is 0 Å². The first kappa shape index (κ1) is 12.6. The molecule has 1 aliphatic carbocycles. The summed E-state index contributed by atoms with van der Waals surface area (Å²) >= 11 is 3.48. The maximum absolute atomic E-state index is 4.42. The SMILES string of the molecule is CNc1ncc(Br)c(NC2CCC(C)CC2)n1. The van der Waals surface area contributed by atoms with Crippen LogP contribution in [0.2, 0.25) is 0 Å². The quantitative estimate of drug-likeness (QED) is 0.899. The van der Waals surface area contributed by atoms with Gasteiger partial charge in [0, 0.05) is 19.3 Å². The highest BCUT2D eigenvalue weighted by Crippen LogP contribution is 2.28.